The van der Waals surface area contributed by atoms with Crippen molar-refractivity contribution in [3.05, 3.63) is 27.5 Å². The van der Waals surface area contributed by atoms with Gasteiger partial charge in [-0.25, -0.2) is 0 Å². The summed E-state index contributed by atoms with van der Waals surface area (Å²) in [6.45, 7) is 1.74. The van der Waals surface area contributed by atoms with Gasteiger partial charge in [0.2, 0.25) is 5.78 Å². The van der Waals surface area contributed by atoms with E-state index in [0.717, 1.165) is 11.5 Å². The van der Waals surface area contributed by atoms with Crippen molar-refractivity contribution < 1.29 is 4.79 Å². The van der Waals surface area contributed by atoms with E-state index in [0.29, 0.717) is 21.3 Å². The van der Waals surface area contributed by atoms with Crippen LogP contribution in [0.25, 0.3) is 0 Å². The van der Waals surface area contributed by atoms with Crippen molar-refractivity contribution in [2.45, 2.75) is 6.92 Å². The predicted octanol–water partition coefficient (Wildman–Crippen LogP) is 1.46. The third-order valence-corrected chi connectivity index (χ3v) is 3.07. The molecule has 2 heterocycles. The average molecular weight is 243 g/mol. The molecule has 0 amide bonds. The normalized spacial score (nSPS) is 10.6. The number of hydrogen-bond donors (Lipinski definition) is 0. The zero-order valence-corrected chi connectivity index (χ0v) is 9.63. The second-order valence-corrected chi connectivity index (χ2v) is 4.14. The van der Waals surface area contributed by atoms with Gasteiger partial charge in [0.15, 0.2) is 0 Å². The van der Waals surface area contributed by atoms with Crippen LogP contribution < -0.4 is 0 Å². The van der Waals surface area contributed by atoms with Gasteiger partial charge in [0.25, 0.3) is 0 Å². The molecule has 5 nitrogen and oxygen atoms in total. The maximum Gasteiger partial charge on any atom is 0.226 e. The highest BCUT2D eigenvalue weighted by molar-refractivity contribution is 7.08. The fourth-order valence-corrected chi connectivity index (χ4v) is 2.06. The Morgan fingerprint density at radius 2 is 2.33 bits per heavy atom. The highest BCUT2D eigenvalue weighted by Crippen LogP contribution is 2.21. The summed E-state index contributed by atoms with van der Waals surface area (Å²) in [4.78, 5) is 12.5. The molecule has 0 unspecified atom stereocenters. The number of rotatable bonds is 2. The molecule has 0 saturated carbocycles. The first-order valence-electron chi connectivity index (χ1n) is 4.12. The molecule has 0 radical (unpaired) electrons. The predicted molar refractivity (Wildman–Crippen MR) is 56.3 cm³/mol. The molecule has 0 aliphatic rings. The molecule has 0 aromatic carbocycles. The number of aryl methyl sites for hydroxylation is 2. The molecule has 7 heteroatoms. The number of ketones is 1. The fourth-order valence-electron chi connectivity index (χ4n) is 1.21. The van der Waals surface area contributed by atoms with Gasteiger partial charge in [-0.15, -0.1) is 5.10 Å². The van der Waals surface area contributed by atoms with E-state index in [1.165, 1.54) is 10.9 Å². The molecular formula is C8H7ClN4OS. The van der Waals surface area contributed by atoms with Crippen LogP contribution in [0, 0.1) is 6.92 Å². The number of nitrogens with zero attached hydrogens (tertiary/aromatic N) is 4. The van der Waals surface area contributed by atoms with E-state index >= 15 is 0 Å². The van der Waals surface area contributed by atoms with Crippen molar-refractivity contribution in [2.75, 3.05) is 0 Å². The van der Waals surface area contributed by atoms with Crippen molar-refractivity contribution in [3.63, 3.8) is 0 Å². The van der Waals surface area contributed by atoms with E-state index in [1.807, 2.05) is 0 Å². The van der Waals surface area contributed by atoms with Crippen molar-refractivity contribution in [1.29, 1.82) is 0 Å². The van der Waals surface area contributed by atoms with Gasteiger partial charge in [0, 0.05) is 7.05 Å². The molecule has 0 bridgehead atoms. The lowest BCUT2D eigenvalue weighted by Gasteiger charge is -1.99. The first kappa shape index (κ1) is 10.3. The Hall–Kier alpha value is -1.27. The van der Waals surface area contributed by atoms with Crippen molar-refractivity contribution in [1.82, 2.24) is 19.4 Å². The van der Waals surface area contributed by atoms with Crippen LogP contribution in [0.3, 0.4) is 0 Å². The maximum atomic E-state index is 12.0. The second kappa shape index (κ2) is 3.71. The lowest BCUT2D eigenvalue weighted by molar-refractivity contribution is 0.103. The molecule has 2 aromatic heterocycles. The van der Waals surface area contributed by atoms with Gasteiger partial charge in [0.1, 0.15) is 10.6 Å². The van der Waals surface area contributed by atoms with Gasteiger partial charge in [-0.3, -0.25) is 9.48 Å². The molecular weight excluding hydrogens is 236 g/mol. The molecule has 2 aromatic rings. The Morgan fingerprint density at radius 1 is 1.60 bits per heavy atom. The molecule has 0 aliphatic carbocycles. The van der Waals surface area contributed by atoms with Crippen molar-refractivity contribution in [2.24, 2.45) is 7.05 Å². The van der Waals surface area contributed by atoms with Crippen LogP contribution in [0.1, 0.15) is 21.1 Å². The highest BCUT2D eigenvalue weighted by Gasteiger charge is 2.21. The van der Waals surface area contributed by atoms with Gasteiger partial charge in [-0.2, -0.15) is 5.10 Å². The monoisotopic (exact) mass is 242 g/mol. The van der Waals surface area contributed by atoms with E-state index in [2.05, 4.69) is 14.7 Å². The highest BCUT2D eigenvalue weighted by atomic mass is 35.5. The molecule has 0 spiro atoms. The molecule has 0 atom stereocenters. The molecule has 2 rings (SSSR count). The zero-order chi connectivity index (χ0) is 11.0. The Bertz CT molecular complexity index is 499. The summed E-state index contributed by atoms with van der Waals surface area (Å²) in [6, 6.07) is 0. The quantitative estimate of drug-likeness (QED) is 0.748. The zero-order valence-electron chi connectivity index (χ0n) is 8.06. The first-order chi connectivity index (χ1) is 7.11. The van der Waals surface area contributed by atoms with Crippen LogP contribution in [0.4, 0.5) is 0 Å². The standard InChI is InChI=1S/C8H7ClN4OS/c1-4-8(15-12-11-4)7(14)6-5(9)3-10-13(6)2/h3H,1-2H3. The van der Waals surface area contributed by atoms with Crippen molar-refractivity contribution >= 4 is 28.9 Å². The Kier molecular flexibility index (Phi) is 2.54. The minimum Gasteiger partial charge on any atom is -0.286 e. The summed E-state index contributed by atoms with van der Waals surface area (Å²) in [5, 5.41) is 8.03. The van der Waals surface area contributed by atoms with E-state index in [4.69, 9.17) is 11.6 Å². The number of halogens is 1. The summed E-state index contributed by atoms with van der Waals surface area (Å²) < 4.78 is 5.16. The first-order valence-corrected chi connectivity index (χ1v) is 5.27. The van der Waals surface area contributed by atoms with E-state index in [9.17, 15) is 4.79 Å². The van der Waals surface area contributed by atoms with Crippen LogP contribution in [0.2, 0.25) is 5.02 Å². The van der Waals surface area contributed by atoms with Gasteiger partial charge in [0.05, 0.1) is 16.9 Å². The minimum atomic E-state index is -0.187. The Morgan fingerprint density at radius 3 is 2.80 bits per heavy atom. The second-order valence-electron chi connectivity index (χ2n) is 2.98. The lowest BCUT2D eigenvalue weighted by atomic mass is 10.2. The third-order valence-electron chi connectivity index (χ3n) is 1.97. The molecule has 0 saturated heterocycles. The van der Waals surface area contributed by atoms with E-state index in [-0.39, 0.29) is 5.78 Å². The van der Waals surface area contributed by atoms with Gasteiger partial charge in [-0.05, 0) is 18.5 Å². The van der Waals surface area contributed by atoms with E-state index in [1.54, 1.807) is 14.0 Å². The smallest absolute Gasteiger partial charge is 0.226 e. The van der Waals surface area contributed by atoms with Crippen LogP contribution in [-0.4, -0.2) is 25.2 Å². The minimum absolute atomic E-state index is 0.187. The summed E-state index contributed by atoms with van der Waals surface area (Å²) in [7, 11) is 1.67. The van der Waals surface area contributed by atoms with Crippen LogP contribution in [-0.2, 0) is 7.05 Å². The summed E-state index contributed by atoms with van der Waals surface area (Å²) >= 11 is 6.93. The number of carbonyl (C=O) groups excluding carboxylic acids is 1. The van der Waals surface area contributed by atoms with Gasteiger partial charge in [-0.1, -0.05) is 16.1 Å². The molecule has 78 valence electrons. The Labute approximate surface area is 94.8 Å². The molecule has 0 fully saturated rings. The number of carbonyl (C=O) groups is 1. The summed E-state index contributed by atoms with van der Waals surface area (Å²) in [5.74, 6) is -0.187. The van der Waals surface area contributed by atoms with Crippen LogP contribution in [0.15, 0.2) is 6.20 Å². The molecule has 0 aliphatic heterocycles. The number of aromatic nitrogens is 4. The number of hydrogen-bond acceptors (Lipinski definition) is 5. The van der Waals surface area contributed by atoms with Crippen LogP contribution in [0.5, 0.6) is 0 Å². The van der Waals surface area contributed by atoms with Crippen LogP contribution >= 0.6 is 23.1 Å². The summed E-state index contributed by atoms with van der Waals surface area (Å²) in [6.07, 6.45) is 1.44. The van der Waals surface area contributed by atoms with E-state index < -0.39 is 0 Å². The summed E-state index contributed by atoms with van der Waals surface area (Å²) in [5.41, 5.74) is 0.980. The lowest BCUT2D eigenvalue weighted by Crippen LogP contribution is -2.08. The third kappa shape index (κ3) is 1.66. The average Bonchev–Trinajstić information content (AvgIpc) is 2.73. The van der Waals surface area contributed by atoms with Gasteiger partial charge < -0.3 is 0 Å². The van der Waals surface area contributed by atoms with Crippen molar-refractivity contribution in [3.8, 4) is 0 Å². The SMILES string of the molecule is Cc1nnsc1C(=O)c1c(Cl)cnn1C. The largest absolute Gasteiger partial charge is 0.286 e. The topological polar surface area (TPSA) is 60.7 Å². The molecule has 15 heavy (non-hydrogen) atoms. The van der Waals surface area contributed by atoms with Gasteiger partial charge >= 0.3 is 0 Å². The Balaban J connectivity index is 2.50. The molecule has 0 N–H and O–H groups in total. The fraction of sp³-hybridized carbons (Fsp3) is 0.250. The maximum absolute atomic E-state index is 12.0.